The molecule has 0 spiro atoms. The molecule has 0 bridgehead atoms. The van der Waals surface area contributed by atoms with Crippen molar-refractivity contribution in [1.82, 2.24) is 5.32 Å². The zero-order chi connectivity index (χ0) is 11.3. The van der Waals surface area contributed by atoms with Gasteiger partial charge in [-0.25, -0.2) is 4.79 Å². The van der Waals surface area contributed by atoms with E-state index < -0.39 is 0 Å². The van der Waals surface area contributed by atoms with E-state index in [1.54, 1.807) is 0 Å². The van der Waals surface area contributed by atoms with Crippen LogP contribution in [0.25, 0.3) is 0 Å². The first-order valence-corrected chi connectivity index (χ1v) is 5.34. The number of amides is 2. The fraction of sp³-hybridized carbons (Fsp3) is 0.364. The summed E-state index contributed by atoms with van der Waals surface area (Å²) in [6.07, 6.45) is 0. The SMILES string of the molecule is Cc1cc(C)cc(NC(=O)NCCCl)c1. The Bertz CT molecular complexity index is 332. The van der Waals surface area contributed by atoms with Gasteiger partial charge in [-0.2, -0.15) is 0 Å². The van der Waals surface area contributed by atoms with Gasteiger partial charge in [-0.1, -0.05) is 6.07 Å². The van der Waals surface area contributed by atoms with Crippen molar-refractivity contribution in [3.63, 3.8) is 0 Å². The summed E-state index contributed by atoms with van der Waals surface area (Å²) in [5.41, 5.74) is 3.06. The van der Waals surface area contributed by atoms with Crippen LogP contribution in [0.3, 0.4) is 0 Å². The Balaban J connectivity index is 2.60. The lowest BCUT2D eigenvalue weighted by atomic mass is 10.1. The monoisotopic (exact) mass is 226 g/mol. The minimum Gasteiger partial charge on any atom is -0.337 e. The number of hydrogen-bond acceptors (Lipinski definition) is 1. The van der Waals surface area contributed by atoms with Crippen LogP contribution in [0.15, 0.2) is 18.2 Å². The van der Waals surface area contributed by atoms with Crippen LogP contribution in [0.5, 0.6) is 0 Å². The summed E-state index contributed by atoms with van der Waals surface area (Å²) in [4.78, 5) is 11.3. The maximum atomic E-state index is 11.3. The van der Waals surface area contributed by atoms with E-state index in [1.165, 1.54) is 0 Å². The number of anilines is 1. The standard InChI is InChI=1S/C11H15ClN2O/c1-8-5-9(2)7-10(6-8)14-11(15)13-4-3-12/h5-7H,3-4H2,1-2H3,(H2,13,14,15). The molecular formula is C11H15ClN2O. The van der Waals surface area contributed by atoms with Gasteiger partial charge in [-0.15, -0.1) is 11.6 Å². The van der Waals surface area contributed by atoms with Crippen LogP contribution in [0.2, 0.25) is 0 Å². The van der Waals surface area contributed by atoms with Crippen molar-refractivity contribution in [3.8, 4) is 0 Å². The van der Waals surface area contributed by atoms with Crippen LogP contribution in [0.4, 0.5) is 10.5 Å². The van der Waals surface area contributed by atoms with Crippen LogP contribution >= 0.6 is 11.6 Å². The average molecular weight is 227 g/mol. The Kier molecular flexibility index (Phi) is 4.43. The van der Waals surface area contributed by atoms with Crippen LogP contribution < -0.4 is 10.6 Å². The number of hydrogen-bond donors (Lipinski definition) is 2. The summed E-state index contributed by atoms with van der Waals surface area (Å²) in [5.74, 6) is 0.417. The van der Waals surface area contributed by atoms with Gasteiger partial charge in [0.05, 0.1) is 0 Å². The first kappa shape index (κ1) is 11.9. The van der Waals surface area contributed by atoms with E-state index in [0.29, 0.717) is 12.4 Å². The van der Waals surface area contributed by atoms with E-state index in [-0.39, 0.29) is 6.03 Å². The van der Waals surface area contributed by atoms with Crippen molar-refractivity contribution in [3.05, 3.63) is 29.3 Å². The lowest BCUT2D eigenvalue weighted by Crippen LogP contribution is -2.30. The van der Waals surface area contributed by atoms with E-state index >= 15 is 0 Å². The number of benzene rings is 1. The molecule has 0 unspecified atom stereocenters. The molecule has 0 aliphatic rings. The Morgan fingerprint density at radius 3 is 2.40 bits per heavy atom. The molecular weight excluding hydrogens is 212 g/mol. The number of rotatable bonds is 3. The molecule has 0 radical (unpaired) electrons. The van der Waals surface area contributed by atoms with Gasteiger partial charge in [0.1, 0.15) is 0 Å². The summed E-state index contributed by atoms with van der Waals surface area (Å²) >= 11 is 5.46. The Hall–Kier alpha value is -1.22. The fourth-order valence-electron chi connectivity index (χ4n) is 1.38. The zero-order valence-electron chi connectivity index (χ0n) is 8.93. The molecule has 0 atom stereocenters. The smallest absolute Gasteiger partial charge is 0.319 e. The fourth-order valence-corrected chi connectivity index (χ4v) is 1.48. The molecule has 0 aliphatic heterocycles. The van der Waals surface area contributed by atoms with Crippen LogP contribution in [0.1, 0.15) is 11.1 Å². The van der Waals surface area contributed by atoms with E-state index in [4.69, 9.17) is 11.6 Å². The van der Waals surface area contributed by atoms with Gasteiger partial charge in [0.2, 0.25) is 0 Å². The number of nitrogens with one attached hydrogen (secondary N) is 2. The number of carbonyl (C=O) groups is 1. The molecule has 0 aromatic heterocycles. The van der Waals surface area contributed by atoms with Gasteiger partial charge in [0.25, 0.3) is 0 Å². The molecule has 1 aromatic carbocycles. The third kappa shape index (κ3) is 4.21. The maximum absolute atomic E-state index is 11.3. The number of halogens is 1. The van der Waals surface area contributed by atoms with E-state index in [2.05, 4.69) is 16.7 Å². The van der Waals surface area contributed by atoms with Crippen LogP contribution in [-0.4, -0.2) is 18.5 Å². The predicted octanol–water partition coefficient (Wildman–Crippen LogP) is 2.66. The summed E-state index contributed by atoms with van der Waals surface area (Å²) in [6.45, 7) is 4.46. The molecule has 15 heavy (non-hydrogen) atoms. The average Bonchev–Trinajstić information content (AvgIpc) is 2.13. The molecule has 0 heterocycles. The summed E-state index contributed by atoms with van der Waals surface area (Å²) in [6, 6.07) is 5.68. The number of carbonyl (C=O) groups excluding carboxylic acids is 1. The number of alkyl halides is 1. The highest BCUT2D eigenvalue weighted by Crippen LogP contribution is 2.13. The molecule has 0 saturated heterocycles. The van der Waals surface area contributed by atoms with Gasteiger partial charge in [-0.05, 0) is 37.1 Å². The number of aryl methyl sites for hydroxylation is 2. The third-order valence-corrected chi connectivity index (χ3v) is 2.05. The summed E-state index contributed by atoms with van der Waals surface area (Å²) in [7, 11) is 0. The van der Waals surface area contributed by atoms with Crippen molar-refractivity contribution in [2.75, 3.05) is 17.7 Å². The minimum atomic E-state index is -0.222. The second-order valence-electron chi connectivity index (χ2n) is 3.45. The second kappa shape index (κ2) is 5.61. The van der Waals surface area contributed by atoms with E-state index in [9.17, 15) is 4.79 Å². The van der Waals surface area contributed by atoms with Gasteiger partial charge in [0, 0.05) is 18.1 Å². The highest BCUT2D eigenvalue weighted by Gasteiger charge is 2.01. The number of urea groups is 1. The highest BCUT2D eigenvalue weighted by molar-refractivity contribution is 6.18. The molecule has 1 rings (SSSR count). The Labute approximate surface area is 94.8 Å². The Morgan fingerprint density at radius 2 is 1.87 bits per heavy atom. The molecule has 3 nitrogen and oxygen atoms in total. The third-order valence-electron chi connectivity index (χ3n) is 1.86. The molecule has 0 aliphatic carbocycles. The second-order valence-corrected chi connectivity index (χ2v) is 3.82. The van der Waals surface area contributed by atoms with Crippen molar-refractivity contribution in [2.24, 2.45) is 0 Å². The zero-order valence-corrected chi connectivity index (χ0v) is 9.69. The molecule has 1 aromatic rings. The van der Waals surface area contributed by atoms with Crippen LogP contribution in [0, 0.1) is 13.8 Å². The van der Waals surface area contributed by atoms with Crippen molar-refractivity contribution >= 4 is 23.3 Å². The van der Waals surface area contributed by atoms with Gasteiger partial charge in [0.15, 0.2) is 0 Å². The molecule has 0 saturated carbocycles. The highest BCUT2D eigenvalue weighted by atomic mass is 35.5. The normalized spacial score (nSPS) is 9.80. The topological polar surface area (TPSA) is 41.1 Å². The molecule has 2 N–H and O–H groups in total. The maximum Gasteiger partial charge on any atom is 0.319 e. The largest absolute Gasteiger partial charge is 0.337 e. The van der Waals surface area contributed by atoms with Gasteiger partial charge >= 0.3 is 6.03 Å². The van der Waals surface area contributed by atoms with Crippen molar-refractivity contribution < 1.29 is 4.79 Å². The van der Waals surface area contributed by atoms with Crippen LogP contribution in [-0.2, 0) is 0 Å². The lowest BCUT2D eigenvalue weighted by Gasteiger charge is -2.08. The predicted molar refractivity (Wildman–Crippen MR) is 63.7 cm³/mol. The van der Waals surface area contributed by atoms with Crippen molar-refractivity contribution in [2.45, 2.75) is 13.8 Å². The molecule has 2 amide bonds. The lowest BCUT2D eigenvalue weighted by molar-refractivity contribution is 0.252. The first-order valence-electron chi connectivity index (χ1n) is 4.81. The summed E-state index contributed by atoms with van der Waals surface area (Å²) in [5, 5.41) is 5.39. The summed E-state index contributed by atoms with van der Waals surface area (Å²) < 4.78 is 0. The molecule has 82 valence electrons. The minimum absolute atomic E-state index is 0.222. The van der Waals surface area contributed by atoms with Gasteiger partial charge in [-0.3, -0.25) is 0 Å². The van der Waals surface area contributed by atoms with Crippen molar-refractivity contribution in [1.29, 1.82) is 0 Å². The van der Waals surface area contributed by atoms with Gasteiger partial charge < -0.3 is 10.6 Å². The van der Waals surface area contributed by atoms with E-state index in [1.807, 2.05) is 26.0 Å². The van der Waals surface area contributed by atoms with E-state index in [0.717, 1.165) is 16.8 Å². The molecule has 0 fully saturated rings. The molecule has 4 heteroatoms. The first-order chi connectivity index (χ1) is 7.11. The quantitative estimate of drug-likeness (QED) is 0.765. The Morgan fingerprint density at radius 1 is 1.27 bits per heavy atom.